The second-order valence-corrected chi connectivity index (χ2v) is 4.16. The average molecular weight is 229 g/mol. The standard InChI is InChI=1S/C13H15N3O/c14-7-6-13(17)16-11-4-1-3-10(9-11)12-5-2-8-15-12/h1,3-4,9,12,15H,2,5-6,8H2,(H,16,17). The SMILES string of the molecule is N#CCC(=O)Nc1cccc(C2CCCN2)c1. The maximum absolute atomic E-state index is 11.3. The lowest BCUT2D eigenvalue weighted by Gasteiger charge is -2.12. The van der Waals surface area contributed by atoms with Crippen LogP contribution in [0.3, 0.4) is 0 Å². The van der Waals surface area contributed by atoms with Gasteiger partial charge >= 0.3 is 0 Å². The Balaban J connectivity index is 2.06. The second-order valence-electron chi connectivity index (χ2n) is 4.16. The zero-order valence-electron chi connectivity index (χ0n) is 9.57. The minimum absolute atomic E-state index is 0.105. The van der Waals surface area contributed by atoms with Gasteiger partial charge in [-0.1, -0.05) is 12.1 Å². The molecule has 2 N–H and O–H groups in total. The summed E-state index contributed by atoms with van der Waals surface area (Å²) in [6.07, 6.45) is 2.22. The number of nitriles is 1. The molecule has 1 atom stereocenters. The zero-order chi connectivity index (χ0) is 12.1. The average Bonchev–Trinajstić information content (AvgIpc) is 2.83. The summed E-state index contributed by atoms with van der Waals surface area (Å²) in [6.45, 7) is 1.05. The molecular formula is C13H15N3O. The van der Waals surface area contributed by atoms with E-state index in [2.05, 4.69) is 16.7 Å². The van der Waals surface area contributed by atoms with Crippen LogP contribution in [-0.2, 0) is 4.79 Å². The first-order valence-electron chi connectivity index (χ1n) is 5.80. The fourth-order valence-corrected chi connectivity index (χ4v) is 2.08. The molecule has 1 aromatic rings. The summed E-state index contributed by atoms with van der Waals surface area (Å²) in [5.41, 5.74) is 1.95. The summed E-state index contributed by atoms with van der Waals surface area (Å²) < 4.78 is 0. The Hall–Kier alpha value is -1.86. The molecule has 1 amide bonds. The summed E-state index contributed by atoms with van der Waals surface area (Å²) in [7, 11) is 0. The van der Waals surface area contributed by atoms with E-state index in [1.165, 1.54) is 12.0 Å². The van der Waals surface area contributed by atoms with E-state index >= 15 is 0 Å². The molecule has 1 heterocycles. The maximum atomic E-state index is 11.3. The van der Waals surface area contributed by atoms with Gasteiger partial charge in [-0.25, -0.2) is 0 Å². The van der Waals surface area contributed by atoms with Gasteiger partial charge in [-0.05, 0) is 37.1 Å². The van der Waals surface area contributed by atoms with E-state index in [-0.39, 0.29) is 12.3 Å². The molecule has 4 nitrogen and oxygen atoms in total. The molecule has 0 saturated carbocycles. The first-order valence-corrected chi connectivity index (χ1v) is 5.80. The first kappa shape index (κ1) is 11.6. The predicted octanol–water partition coefficient (Wildman–Crippen LogP) is 1.96. The number of nitrogens with zero attached hydrogens (tertiary/aromatic N) is 1. The Morgan fingerprint density at radius 1 is 1.59 bits per heavy atom. The Bertz CT molecular complexity index is 444. The van der Waals surface area contributed by atoms with E-state index in [0.717, 1.165) is 18.7 Å². The highest BCUT2D eigenvalue weighted by Gasteiger charge is 2.16. The van der Waals surface area contributed by atoms with E-state index < -0.39 is 0 Å². The molecular weight excluding hydrogens is 214 g/mol. The molecule has 1 aliphatic rings. The number of rotatable bonds is 3. The van der Waals surface area contributed by atoms with Crippen LogP contribution in [-0.4, -0.2) is 12.5 Å². The predicted molar refractivity (Wildman–Crippen MR) is 65.3 cm³/mol. The summed E-state index contributed by atoms with van der Waals surface area (Å²) >= 11 is 0. The molecule has 17 heavy (non-hydrogen) atoms. The van der Waals surface area contributed by atoms with E-state index in [1.807, 2.05) is 24.3 Å². The van der Waals surface area contributed by atoms with Crippen LogP contribution in [0.2, 0.25) is 0 Å². The number of hydrogen-bond acceptors (Lipinski definition) is 3. The van der Waals surface area contributed by atoms with Gasteiger partial charge in [0.05, 0.1) is 6.07 Å². The second kappa shape index (κ2) is 5.46. The minimum atomic E-state index is -0.260. The number of nitrogens with one attached hydrogen (secondary N) is 2. The lowest BCUT2D eigenvalue weighted by atomic mass is 10.0. The number of hydrogen-bond donors (Lipinski definition) is 2. The van der Waals surface area contributed by atoms with Crippen molar-refractivity contribution in [3.8, 4) is 6.07 Å². The fraction of sp³-hybridized carbons (Fsp3) is 0.385. The van der Waals surface area contributed by atoms with E-state index in [1.54, 1.807) is 0 Å². The third-order valence-electron chi connectivity index (χ3n) is 2.87. The van der Waals surface area contributed by atoms with Crippen LogP contribution in [0.1, 0.15) is 30.9 Å². The molecule has 1 aromatic carbocycles. The summed E-state index contributed by atoms with van der Waals surface area (Å²) in [5, 5.41) is 14.6. The van der Waals surface area contributed by atoms with E-state index in [9.17, 15) is 4.79 Å². The van der Waals surface area contributed by atoms with Gasteiger partial charge in [0, 0.05) is 11.7 Å². The van der Waals surface area contributed by atoms with Crippen LogP contribution in [0.15, 0.2) is 24.3 Å². The number of carbonyl (C=O) groups excluding carboxylic acids is 1. The van der Waals surface area contributed by atoms with Crippen LogP contribution >= 0.6 is 0 Å². The summed E-state index contributed by atoms with van der Waals surface area (Å²) in [5.74, 6) is -0.260. The van der Waals surface area contributed by atoms with Crippen molar-refractivity contribution < 1.29 is 4.79 Å². The van der Waals surface area contributed by atoms with Crippen molar-refractivity contribution in [2.75, 3.05) is 11.9 Å². The van der Waals surface area contributed by atoms with E-state index in [0.29, 0.717) is 6.04 Å². The van der Waals surface area contributed by atoms with Gasteiger partial charge in [-0.3, -0.25) is 4.79 Å². The third kappa shape index (κ3) is 3.05. The van der Waals surface area contributed by atoms with Gasteiger partial charge in [0.15, 0.2) is 0 Å². The molecule has 1 unspecified atom stereocenters. The number of amides is 1. The van der Waals surface area contributed by atoms with Crippen molar-refractivity contribution in [1.29, 1.82) is 5.26 Å². The van der Waals surface area contributed by atoms with Gasteiger partial charge in [-0.15, -0.1) is 0 Å². The zero-order valence-corrected chi connectivity index (χ0v) is 9.57. The van der Waals surface area contributed by atoms with Crippen molar-refractivity contribution in [1.82, 2.24) is 5.32 Å². The van der Waals surface area contributed by atoms with Gasteiger partial charge in [0.2, 0.25) is 5.91 Å². The molecule has 2 rings (SSSR count). The topological polar surface area (TPSA) is 64.9 Å². The quantitative estimate of drug-likeness (QED) is 0.832. The molecule has 0 radical (unpaired) electrons. The van der Waals surface area contributed by atoms with E-state index in [4.69, 9.17) is 5.26 Å². The number of carbonyl (C=O) groups is 1. The molecule has 1 saturated heterocycles. The molecule has 88 valence electrons. The summed E-state index contributed by atoms with van der Waals surface area (Å²) in [4.78, 5) is 11.3. The van der Waals surface area contributed by atoms with Crippen molar-refractivity contribution in [2.45, 2.75) is 25.3 Å². The normalized spacial score (nSPS) is 18.6. The van der Waals surface area contributed by atoms with Crippen molar-refractivity contribution in [3.05, 3.63) is 29.8 Å². The Morgan fingerprint density at radius 2 is 2.47 bits per heavy atom. The summed E-state index contributed by atoms with van der Waals surface area (Å²) in [6, 6.07) is 10.0. The molecule has 0 aliphatic carbocycles. The largest absolute Gasteiger partial charge is 0.325 e. The highest BCUT2D eigenvalue weighted by atomic mass is 16.1. The minimum Gasteiger partial charge on any atom is -0.325 e. The van der Waals surface area contributed by atoms with Crippen LogP contribution in [0.4, 0.5) is 5.69 Å². The van der Waals surface area contributed by atoms with Crippen LogP contribution in [0, 0.1) is 11.3 Å². The highest BCUT2D eigenvalue weighted by Crippen LogP contribution is 2.24. The third-order valence-corrected chi connectivity index (χ3v) is 2.87. The molecule has 1 fully saturated rings. The molecule has 0 bridgehead atoms. The fourth-order valence-electron chi connectivity index (χ4n) is 2.08. The van der Waals surface area contributed by atoms with Gasteiger partial charge in [-0.2, -0.15) is 5.26 Å². The molecule has 4 heteroatoms. The number of anilines is 1. The van der Waals surface area contributed by atoms with Crippen molar-refractivity contribution in [3.63, 3.8) is 0 Å². The van der Waals surface area contributed by atoms with Crippen molar-refractivity contribution >= 4 is 11.6 Å². The maximum Gasteiger partial charge on any atom is 0.238 e. The lowest BCUT2D eigenvalue weighted by Crippen LogP contribution is -2.14. The Kier molecular flexibility index (Phi) is 3.73. The monoisotopic (exact) mass is 229 g/mol. The molecule has 0 spiro atoms. The molecule has 1 aliphatic heterocycles. The van der Waals surface area contributed by atoms with Gasteiger partial charge in [0.25, 0.3) is 0 Å². The first-order chi connectivity index (χ1) is 8.29. The van der Waals surface area contributed by atoms with Gasteiger partial charge in [0.1, 0.15) is 6.42 Å². The Morgan fingerprint density at radius 3 is 3.18 bits per heavy atom. The Labute approximate surface area is 101 Å². The van der Waals surface area contributed by atoms with Crippen LogP contribution in [0.5, 0.6) is 0 Å². The smallest absolute Gasteiger partial charge is 0.238 e. The van der Waals surface area contributed by atoms with Crippen LogP contribution < -0.4 is 10.6 Å². The van der Waals surface area contributed by atoms with Crippen LogP contribution in [0.25, 0.3) is 0 Å². The number of benzene rings is 1. The molecule has 0 aromatic heterocycles. The lowest BCUT2D eigenvalue weighted by molar-refractivity contribution is -0.115. The van der Waals surface area contributed by atoms with Gasteiger partial charge < -0.3 is 10.6 Å². The highest BCUT2D eigenvalue weighted by molar-refractivity contribution is 5.92. The van der Waals surface area contributed by atoms with Crippen molar-refractivity contribution in [2.24, 2.45) is 0 Å².